The molecule has 2 aromatic rings. The van der Waals surface area contributed by atoms with Crippen molar-refractivity contribution < 1.29 is 21.1 Å². The summed E-state index contributed by atoms with van der Waals surface area (Å²) in [6.07, 6.45) is 2.71. The molecule has 0 unspecified atom stereocenters. The maximum absolute atomic E-state index is 5.80. The quantitative estimate of drug-likeness (QED) is 0.424. The van der Waals surface area contributed by atoms with Crippen LogP contribution >= 0.6 is 13.6 Å². The molecule has 0 atom stereocenters. The molecule has 2 aromatic carbocycles. The van der Waals surface area contributed by atoms with Gasteiger partial charge in [-0.2, -0.15) is 30.3 Å². The number of hydrogen-bond acceptors (Lipinski definition) is 1. The van der Waals surface area contributed by atoms with Crippen molar-refractivity contribution in [1.82, 2.24) is 0 Å². The molecule has 19 heavy (non-hydrogen) atoms. The molecule has 0 N–H and O–H groups in total. The molecule has 0 spiro atoms. The van der Waals surface area contributed by atoms with Crippen molar-refractivity contribution in [2.45, 2.75) is 13.0 Å². The molecule has 0 saturated carbocycles. The summed E-state index contributed by atoms with van der Waals surface area (Å²) in [5.41, 5.74) is 2.22. The van der Waals surface area contributed by atoms with Gasteiger partial charge in [-0.05, 0) is 18.1 Å². The SMILES string of the molecule is C=CCc1ccccc1OCc1[c-]cccc1.[Zn+][Br]. The average Bonchev–Trinajstić information content (AvgIpc) is 2.50. The third kappa shape index (κ3) is 5.71. The molecule has 0 aliphatic rings. The van der Waals surface area contributed by atoms with E-state index >= 15 is 0 Å². The molecular formula is C16H15BrOZn. The summed E-state index contributed by atoms with van der Waals surface area (Å²) in [5, 5.41) is 0. The Morgan fingerprint density at radius 2 is 1.89 bits per heavy atom. The van der Waals surface area contributed by atoms with Crippen LogP contribution in [-0.4, -0.2) is 0 Å². The Labute approximate surface area is 131 Å². The van der Waals surface area contributed by atoms with Crippen molar-refractivity contribution in [2.24, 2.45) is 0 Å². The summed E-state index contributed by atoms with van der Waals surface area (Å²) in [5.74, 6) is 0.921. The number of allylic oxidation sites excluding steroid dienone is 1. The number of para-hydroxylation sites is 1. The van der Waals surface area contributed by atoms with Gasteiger partial charge in [0.05, 0.1) is 6.61 Å². The number of hydrogen-bond donors (Lipinski definition) is 0. The first-order valence-electron chi connectivity index (χ1n) is 5.94. The van der Waals surface area contributed by atoms with Crippen LogP contribution in [0.15, 0.2) is 61.2 Å². The second kappa shape index (κ2) is 9.94. The molecule has 2 rings (SSSR count). The monoisotopic (exact) mass is 366 g/mol. The number of halogens is 1. The summed E-state index contributed by atoms with van der Waals surface area (Å²) in [6.45, 7) is 4.30. The summed E-state index contributed by atoms with van der Waals surface area (Å²) >= 11 is 4.25. The van der Waals surface area contributed by atoms with Crippen molar-refractivity contribution in [2.75, 3.05) is 0 Å². The molecule has 0 bridgehead atoms. The van der Waals surface area contributed by atoms with E-state index in [1.165, 1.54) is 21.9 Å². The van der Waals surface area contributed by atoms with Gasteiger partial charge in [0.25, 0.3) is 0 Å². The zero-order valence-electron chi connectivity index (χ0n) is 10.8. The van der Waals surface area contributed by atoms with Crippen molar-refractivity contribution in [1.29, 1.82) is 0 Å². The maximum atomic E-state index is 5.80. The normalized spacial score (nSPS) is 9.21. The number of ether oxygens (including phenoxy) is 1. The van der Waals surface area contributed by atoms with E-state index in [4.69, 9.17) is 4.74 Å². The van der Waals surface area contributed by atoms with Crippen LogP contribution in [-0.2, 0) is 29.4 Å². The van der Waals surface area contributed by atoms with E-state index in [0.29, 0.717) is 6.61 Å². The average molecular weight is 369 g/mol. The molecule has 0 saturated heterocycles. The summed E-state index contributed by atoms with van der Waals surface area (Å²) in [6, 6.07) is 19.0. The van der Waals surface area contributed by atoms with E-state index in [1.54, 1.807) is 0 Å². The summed E-state index contributed by atoms with van der Waals surface area (Å²) in [4.78, 5) is 0. The third-order valence-corrected chi connectivity index (χ3v) is 2.49. The van der Waals surface area contributed by atoms with Gasteiger partial charge < -0.3 is 4.74 Å². The van der Waals surface area contributed by atoms with E-state index in [1.807, 2.05) is 48.5 Å². The zero-order valence-corrected chi connectivity index (χ0v) is 15.4. The minimum absolute atomic E-state index is 0.551. The first kappa shape index (κ1) is 16.1. The first-order valence-corrected chi connectivity index (χ1v) is 12.9. The molecule has 1 nitrogen and oxygen atoms in total. The molecule has 0 aliphatic heterocycles. The Bertz CT molecular complexity index is 485. The standard InChI is InChI=1S/C16H15O.BrH.Zn/c1-2-8-15-11-6-7-12-16(15)17-13-14-9-4-3-5-10-14;;/h2-7,9,11-12H,1,8,13H2;1H;/q-1;;+2/p-1. The van der Waals surface area contributed by atoms with Gasteiger partial charge in [0.15, 0.2) is 0 Å². The van der Waals surface area contributed by atoms with Gasteiger partial charge in [-0.25, -0.2) is 0 Å². The second-order valence-electron chi connectivity index (χ2n) is 3.78. The van der Waals surface area contributed by atoms with Crippen molar-refractivity contribution in [3.8, 4) is 5.75 Å². The molecule has 3 heteroatoms. The van der Waals surface area contributed by atoms with Gasteiger partial charge >= 0.3 is 30.0 Å². The molecule has 0 heterocycles. The number of benzene rings is 2. The van der Waals surface area contributed by atoms with Crippen LogP contribution in [0.2, 0.25) is 0 Å². The van der Waals surface area contributed by atoms with Crippen molar-refractivity contribution >= 4 is 13.6 Å². The Morgan fingerprint density at radius 3 is 2.58 bits per heavy atom. The Kier molecular flexibility index (Phi) is 8.44. The third-order valence-electron chi connectivity index (χ3n) is 2.49. The van der Waals surface area contributed by atoms with Gasteiger partial charge in [0, 0.05) is 0 Å². The van der Waals surface area contributed by atoms with Crippen LogP contribution in [0.3, 0.4) is 0 Å². The van der Waals surface area contributed by atoms with Crippen molar-refractivity contribution in [3.63, 3.8) is 0 Å². The predicted octanol–water partition coefficient (Wildman–Crippen LogP) is 4.64. The second-order valence-corrected chi connectivity index (χ2v) is 3.78. The molecular weight excluding hydrogens is 353 g/mol. The molecule has 0 aliphatic carbocycles. The van der Waals surface area contributed by atoms with Gasteiger partial charge in [0.2, 0.25) is 0 Å². The molecule has 0 radical (unpaired) electrons. The zero-order chi connectivity index (χ0) is 13.9. The van der Waals surface area contributed by atoms with Gasteiger partial charge in [-0.15, -0.1) is 12.1 Å². The summed E-state index contributed by atoms with van der Waals surface area (Å²) < 4.78 is 5.80. The Hall–Kier alpha value is -0.917. The summed E-state index contributed by atoms with van der Waals surface area (Å²) in [7, 11) is 0. The molecule has 0 aromatic heterocycles. The molecule has 0 fully saturated rings. The van der Waals surface area contributed by atoms with E-state index in [2.05, 4.69) is 32.3 Å². The van der Waals surface area contributed by atoms with Gasteiger partial charge in [-0.1, -0.05) is 24.3 Å². The van der Waals surface area contributed by atoms with Gasteiger partial charge in [0.1, 0.15) is 5.75 Å². The molecule has 0 amide bonds. The van der Waals surface area contributed by atoms with Gasteiger partial charge in [-0.3, -0.25) is 0 Å². The van der Waals surface area contributed by atoms with Crippen LogP contribution in [0, 0.1) is 6.07 Å². The van der Waals surface area contributed by atoms with E-state index < -0.39 is 0 Å². The van der Waals surface area contributed by atoms with Crippen LogP contribution in [0.5, 0.6) is 5.75 Å². The fraction of sp³-hybridized carbons (Fsp3) is 0.125. The van der Waals surface area contributed by atoms with Crippen LogP contribution in [0.1, 0.15) is 11.1 Å². The topological polar surface area (TPSA) is 9.23 Å². The minimum atomic E-state index is 0.551. The van der Waals surface area contributed by atoms with Crippen LogP contribution < -0.4 is 4.74 Å². The Balaban J connectivity index is 0.000000861. The van der Waals surface area contributed by atoms with Crippen LogP contribution in [0.4, 0.5) is 0 Å². The van der Waals surface area contributed by atoms with E-state index in [9.17, 15) is 0 Å². The fourth-order valence-electron chi connectivity index (χ4n) is 1.64. The number of rotatable bonds is 5. The van der Waals surface area contributed by atoms with Crippen molar-refractivity contribution in [3.05, 3.63) is 78.4 Å². The first-order chi connectivity index (χ1) is 9.40. The fourth-order valence-corrected chi connectivity index (χ4v) is 1.64. The predicted molar refractivity (Wildman–Crippen MR) is 78.9 cm³/mol. The molecule has 94 valence electrons. The Morgan fingerprint density at radius 1 is 1.16 bits per heavy atom. The van der Waals surface area contributed by atoms with Crippen LogP contribution in [0.25, 0.3) is 0 Å². The van der Waals surface area contributed by atoms with E-state index in [0.717, 1.165) is 17.7 Å². The van der Waals surface area contributed by atoms with E-state index in [-0.39, 0.29) is 0 Å².